The van der Waals surface area contributed by atoms with E-state index in [0.717, 1.165) is 28.4 Å². The molecule has 0 bridgehead atoms. The molecule has 11 rings (SSSR count). The molecule has 6 aromatic carbocycles. The van der Waals surface area contributed by atoms with Crippen molar-refractivity contribution in [2.45, 2.75) is 18.2 Å². The third-order valence-corrected chi connectivity index (χ3v) is 11.8. The second-order valence-electron chi connectivity index (χ2n) is 15.0. The first-order valence-electron chi connectivity index (χ1n) is 19.5. The minimum absolute atomic E-state index is 0.205. The molecule has 2 aliphatic heterocycles. The minimum Gasteiger partial charge on any atom is -0.357 e. The molecule has 0 radical (unpaired) electrons. The standard InChI is InChI=1S/C51H39N5/c1-3-15-34(16-4-1)49-52-50(35-17-5-2-6-18-35)54-51(53-49)38-20-14-22-40(32-38)56-47-28-12-9-25-43(47)44-33-37(29-30-48(44)56)36-19-13-21-39(31-36)55-45-26-10-7-23-41(45)42-24-8-11-27-46(42)55/h1-33,43-44,47-49H,(H,52,53,54). The minimum atomic E-state index is -0.337. The second kappa shape index (κ2) is 13.4. The maximum atomic E-state index is 5.18. The van der Waals surface area contributed by atoms with Crippen LogP contribution in [0.5, 0.6) is 0 Å². The van der Waals surface area contributed by atoms with Crippen LogP contribution in [0.3, 0.4) is 0 Å². The Morgan fingerprint density at radius 1 is 0.482 bits per heavy atom. The molecule has 0 amide bonds. The number of para-hydroxylation sites is 2. The van der Waals surface area contributed by atoms with Crippen molar-refractivity contribution in [3.63, 3.8) is 0 Å². The highest BCUT2D eigenvalue weighted by atomic mass is 15.2. The number of fused-ring (bicyclic) bond motifs is 6. The Labute approximate surface area is 326 Å². The molecule has 3 heterocycles. The summed E-state index contributed by atoms with van der Waals surface area (Å²) in [6.07, 6.45) is 16.2. The largest absolute Gasteiger partial charge is 0.357 e. The SMILES string of the molecule is C1=CC2C3C=C(c4cccc(-n5c6ccccc6c6ccccc65)c4)C=CC3N(c3cccc(C4=NC(c5ccccc5)N=C(c5ccccc5)N4)c3)C2C=C1. The van der Waals surface area contributed by atoms with Crippen LogP contribution in [0.25, 0.3) is 33.1 Å². The fourth-order valence-corrected chi connectivity index (χ4v) is 9.24. The molecule has 1 saturated heterocycles. The number of aromatic nitrogens is 1. The summed E-state index contributed by atoms with van der Waals surface area (Å²) in [5.74, 6) is 2.31. The van der Waals surface area contributed by atoms with Crippen LogP contribution in [0.15, 0.2) is 210 Å². The number of nitrogens with zero attached hydrogens (tertiary/aromatic N) is 4. The van der Waals surface area contributed by atoms with E-state index in [0.29, 0.717) is 11.8 Å². The number of nitrogens with one attached hydrogen (secondary N) is 1. The fraction of sp³-hybridized carbons (Fsp3) is 0.0980. The molecule has 0 spiro atoms. The van der Waals surface area contributed by atoms with Gasteiger partial charge in [-0.05, 0) is 53.1 Å². The van der Waals surface area contributed by atoms with E-state index in [-0.39, 0.29) is 18.2 Å². The fourth-order valence-electron chi connectivity index (χ4n) is 9.24. The molecule has 56 heavy (non-hydrogen) atoms. The summed E-state index contributed by atoms with van der Waals surface area (Å²) in [6, 6.07) is 56.5. The van der Waals surface area contributed by atoms with Crippen molar-refractivity contribution in [1.82, 2.24) is 9.88 Å². The van der Waals surface area contributed by atoms with Crippen molar-refractivity contribution >= 4 is 44.7 Å². The van der Waals surface area contributed by atoms with Gasteiger partial charge in [-0.2, -0.15) is 0 Å². The molecule has 2 aliphatic carbocycles. The van der Waals surface area contributed by atoms with Crippen LogP contribution in [0, 0.1) is 11.8 Å². The van der Waals surface area contributed by atoms with E-state index in [1.807, 2.05) is 12.1 Å². The van der Waals surface area contributed by atoms with Crippen LogP contribution in [0.2, 0.25) is 0 Å². The molecule has 5 atom stereocenters. The lowest BCUT2D eigenvalue weighted by Crippen LogP contribution is -2.38. The summed E-state index contributed by atoms with van der Waals surface area (Å²) >= 11 is 0. The Kier molecular flexibility index (Phi) is 7.76. The monoisotopic (exact) mass is 721 g/mol. The van der Waals surface area contributed by atoms with E-state index in [9.17, 15) is 0 Å². The van der Waals surface area contributed by atoms with Gasteiger partial charge in [0.05, 0.1) is 23.1 Å². The Morgan fingerprint density at radius 2 is 1.07 bits per heavy atom. The third kappa shape index (κ3) is 5.46. The molecule has 1 fully saturated rings. The van der Waals surface area contributed by atoms with Crippen molar-refractivity contribution < 1.29 is 0 Å². The number of hydrogen-bond acceptors (Lipinski definition) is 4. The zero-order valence-electron chi connectivity index (χ0n) is 30.7. The first kappa shape index (κ1) is 32.5. The molecule has 7 aromatic rings. The molecule has 5 heteroatoms. The van der Waals surface area contributed by atoms with E-state index in [1.54, 1.807) is 0 Å². The molecular formula is C51H39N5. The first-order chi connectivity index (χ1) is 27.8. The summed E-state index contributed by atoms with van der Waals surface area (Å²) in [4.78, 5) is 12.9. The normalized spacial score (nSPS) is 22.3. The van der Waals surface area contributed by atoms with E-state index in [2.05, 4.69) is 203 Å². The number of amidine groups is 2. The Balaban J connectivity index is 0.939. The smallest absolute Gasteiger partial charge is 0.169 e. The highest BCUT2D eigenvalue weighted by molar-refractivity contribution is 6.16. The number of benzene rings is 6. The topological polar surface area (TPSA) is 44.9 Å². The van der Waals surface area contributed by atoms with Gasteiger partial charge in [-0.15, -0.1) is 0 Å². The first-order valence-corrected chi connectivity index (χ1v) is 19.5. The van der Waals surface area contributed by atoms with Crippen LogP contribution in [-0.2, 0) is 0 Å². The lowest BCUT2D eigenvalue weighted by atomic mass is 9.80. The van der Waals surface area contributed by atoms with E-state index >= 15 is 0 Å². The Hall–Kier alpha value is -6.98. The summed E-state index contributed by atoms with van der Waals surface area (Å²) in [7, 11) is 0. The van der Waals surface area contributed by atoms with Gasteiger partial charge in [-0.3, -0.25) is 0 Å². The van der Waals surface area contributed by atoms with Gasteiger partial charge in [0.1, 0.15) is 11.7 Å². The van der Waals surface area contributed by atoms with Gasteiger partial charge in [0.25, 0.3) is 0 Å². The molecule has 268 valence electrons. The summed E-state index contributed by atoms with van der Waals surface area (Å²) in [5.41, 5.74) is 10.5. The predicted molar refractivity (Wildman–Crippen MR) is 231 cm³/mol. The number of anilines is 1. The van der Waals surface area contributed by atoms with Gasteiger partial charge >= 0.3 is 0 Å². The summed E-state index contributed by atoms with van der Waals surface area (Å²) < 4.78 is 2.40. The number of aliphatic imine (C=N–C) groups is 2. The average Bonchev–Trinajstić information content (AvgIpc) is 3.80. The van der Waals surface area contributed by atoms with E-state index < -0.39 is 0 Å². The predicted octanol–water partition coefficient (Wildman–Crippen LogP) is 10.8. The maximum absolute atomic E-state index is 5.18. The molecular weight excluding hydrogens is 683 g/mol. The van der Waals surface area contributed by atoms with Gasteiger partial charge in [-0.1, -0.05) is 164 Å². The van der Waals surface area contributed by atoms with Crippen LogP contribution in [0.4, 0.5) is 5.69 Å². The van der Waals surface area contributed by atoms with Gasteiger partial charge in [0.15, 0.2) is 6.17 Å². The van der Waals surface area contributed by atoms with Gasteiger partial charge < -0.3 is 14.8 Å². The highest BCUT2D eigenvalue weighted by Gasteiger charge is 2.46. The number of rotatable bonds is 6. The molecule has 4 aliphatic rings. The quantitative estimate of drug-likeness (QED) is 0.186. The number of hydrogen-bond donors (Lipinski definition) is 1. The second-order valence-corrected chi connectivity index (χ2v) is 15.0. The van der Waals surface area contributed by atoms with E-state index in [4.69, 9.17) is 9.98 Å². The Morgan fingerprint density at radius 3 is 1.84 bits per heavy atom. The van der Waals surface area contributed by atoms with Crippen molar-refractivity contribution in [2.24, 2.45) is 21.8 Å². The molecule has 5 unspecified atom stereocenters. The molecule has 5 nitrogen and oxygen atoms in total. The van der Waals surface area contributed by atoms with Crippen LogP contribution >= 0.6 is 0 Å². The van der Waals surface area contributed by atoms with Gasteiger partial charge in [0, 0.05) is 45.1 Å². The van der Waals surface area contributed by atoms with Crippen LogP contribution < -0.4 is 10.2 Å². The molecule has 1 aromatic heterocycles. The lowest BCUT2D eigenvalue weighted by Gasteiger charge is -2.33. The zero-order valence-corrected chi connectivity index (χ0v) is 30.7. The van der Waals surface area contributed by atoms with Gasteiger partial charge in [-0.25, -0.2) is 9.98 Å². The lowest BCUT2D eigenvalue weighted by molar-refractivity contribution is 0.528. The highest BCUT2D eigenvalue weighted by Crippen LogP contribution is 2.46. The average molecular weight is 722 g/mol. The maximum Gasteiger partial charge on any atom is 0.169 e. The van der Waals surface area contributed by atoms with Crippen LogP contribution in [-0.4, -0.2) is 28.3 Å². The van der Waals surface area contributed by atoms with E-state index in [1.165, 1.54) is 44.3 Å². The zero-order chi connectivity index (χ0) is 37.0. The van der Waals surface area contributed by atoms with Crippen molar-refractivity contribution in [3.8, 4) is 5.69 Å². The molecule has 0 saturated carbocycles. The molecule has 1 N–H and O–H groups in total. The summed E-state index contributed by atoms with van der Waals surface area (Å²) in [6.45, 7) is 0. The van der Waals surface area contributed by atoms with Crippen LogP contribution in [0.1, 0.15) is 28.4 Å². The van der Waals surface area contributed by atoms with Crippen molar-refractivity contribution in [3.05, 3.63) is 223 Å². The van der Waals surface area contributed by atoms with Crippen molar-refractivity contribution in [1.29, 1.82) is 0 Å². The van der Waals surface area contributed by atoms with Crippen molar-refractivity contribution in [2.75, 3.05) is 4.90 Å². The van der Waals surface area contributed by atoms with Gasteiger partial charge in [0.2, 0.25) is 0 Å². The number of allylic oxidation sites excluding steroid dienone is 4. The third-order valence-electron chi connectivity index (χ3n) is 11.8. The Bertz CT molecular complexity index is 2770. The summed E-state index contributed by atoms with van der Waals surface area (Å²) in [5, 5.41) is 6.16.